The second-order valence-electron chi connectivity index (χ2n) is 5.72. The summed E-state index contributed by atoms with van der Waals surface area (Å²) < 4.78 is 7.85. The zero-order chi connectivity index (χ0) is 13.2. The third-order valence-corrected chi connectivity index (χ3v) is 4.53. The molecule has 0 spiro atoms. The lowest BCUT2D eigenvalue weighted by atomic mass is 9.74. The standard InChI is InChI=1S/C14H25N3O/c1-11-4-6-14(18-3,7-5-11)12(15)10-13-16-8-9-17(13)2/h8-9,11-12H,4-7,10,15H2,1-3H3. The number of nitrogens with zero attached hydrogens (tertiary/aromatic N) is 2. The van der Waals surface area contributed by atoms with Gasteiger partial charge in [0.15, 0.2) is 0 Å². The highest BCUT2D eigenvalue weighted by Crippen LogP contribution is 2.36. The molecule has 0 aromatic carbocycles. The lowest BCUT2D eigenvalue weighted by Gasteiger charge is -2.42. The Kier molecular flexibility index (Phi) is 4.07. The predicted molar refractivity (Wildman–Crippen MR) is 72.3 cm³/mol. The Labute approximate surface area is 110 Å². The number of imidazole rings is 1. The van der Waals surface area contributed by atoms with E-state index in [2.05, 4.69) is 11.9 Å². The molecule has 0 radical (unpaired) electrons. The highest BCUT2D eigenvalue weighted by molar-refractivity contribution is 5.02. The summed E-state index contributed by atoms with van der Waals surface area (Å²) in [7, 11) is 3.81. The quantitative estimate of drug-likeness (QED) is 0.889. The molecule has 0 bridgehead atoms. The van der Waals surface area contributed by atoms with Crippen LogP contribution in [0, 0.1) is 5.92 Å². The smallest absolute Gasteiger partial charge is 0.110 e. The first-order valence-corrected chi connectivity index (χ1v) is 6.84. The fraction of sp³-hybridized carbons (Fsp3) is 0.786. The molecule has 1 atom stereocenters. The maximum atomic E-state index is 6.42. The third-order valence-electron chi connectivity index (χ3n) is 4.53. The molecule has 18 heavy (non-hydrogen) atoms. The molecule has 1 unspecified atom stereocenters. The number of hydrogen-bond donors (Lipinski definition) is 1. The van der Waals surface area contributed by atoms with Gasteiger partial charge in [-0.3, -0.25) is 0 Å². The maximum Gasteiger partial charge on any atom is 0.110 e. The van der Waals surface area contributed by atoms with Gasteiger partial charge in [-0.05, 0) is 31.6 Å². The van der Waals surface area contributed by atoms with E-state index in [0.717, 1.165) is 31.0 Å². The van der Waals surface area contributed by atoms with Crippen LogP contribution in [-0.4, -0.2) is 28.3 Å². The number of aromatic nitrogens is 2. The van der Waals surface area contributed by atoms with Crippen molar-refractivity contribution in [1.82, 2.24) is 9.55 Å². The van der Waals surface area contributed by atoms with Crippen LogP contribution in [-0.2, 0) is 18.2 Å². The van der Waals surface area contributed by atoms with Crippen molar-refractivity contribution in [3.05, 3.63) is 18.2 Å². The Balaban J connectivity index is 2.06. The van der Waals surface area contributed by atoms with Gasteiger partial charge in [-0.2, -0.15) is 0 Å². The number of hydrogen-bond acceptors (Lipinski definition) is 3. The highest BCUT2D eigenvalue weighted by atomic mass is 16.5. The summed E-state index contributed by atoms with van der Waals surface area (Å²) in [5, 5.41) is 0. The minimum Gasteiger partial charge on any atom is -0.377 e. The fourth-order valence-electron chi connectivity index (χ4n) is 2.95. The van der Waals surface area contributed by atoms with Crippen LogP contribution in [0.3, 0.4) is 0 Å². The summed E-state index contributed by atoms with van der Waals surface area (Å²) in [6.07, 6.45) is 9.12. The zero-order valence-corrected chi connectivity index (χ0v) is 11.7. The van der Waals surface area contributed by atoms with Crippen LogP contribution in [0.4, 0.5) is 0 Å². The molecule has 4 heteroatoms. The number of methoxy groups -OCH3 is 1. The topological polar surface area (TPSA) is 53.1 Å². The summed E-state index contributed by atoms with van der Waals surface area (Å²) in [5.74, 6) is 1.84. The van der Waals surface area contributed by atoms with Crippen molar-refractivity contribution in [1.29, 1.82) is 0 Å². The lowest BCUT2D eigenvalue weighted by molar-refractivity contribution is -0.0663. The van der Waals surface area contributed by atoms with Crippen LogP contribution in [0.15, 0.2) is 12.4 Å². The molecule has 1 fully saturated rings. The second-order valence-corrected chi connectivity index (χ2v) is 5.72. The molecule has 1 heterocycles. The van der Waals surface area contributed by atoms with Gasteiger partial charge >= 0.3 is 0 Å². The first-order chi connectivity index (χ1) is 8.57. The second kappa shape index (κ2) is 5.41. The van der Waals surface area contributed by atoms with E-state index in [1.54, 1.807) is 7.11 Å². The summed E-state index contributed by atoms with van der Waals surface area (Å²) in [6.45, 7) is 2.31. The van der Waals surface area contributed by atoms with E-state index in [9.17, 15) is 0 Å². The van der Waals surface area contributed by atoms with Crippen LogP contribution < -0.4 is 5.73 Å². The highest BCUT2D eigenvalue weighted by Gasteiger charge is 2.40. The van der Waals surface area contributed by atoms with Gasteiger partial charge in [-0.15, -0.1) is 0 Å². The molecule has 4 nitrogen and oxygen atoms in total. The molecule has 2 rings (SSSR count). The van der Waals surface area contributed by atoms with E-state index >= 15 is 0 Å². The van der Waals surface area contributed by atoms with Gasteiger partial charge in [0.2, 0.25) is 0 Å². The minimum absolute atomic E-state index is 0.0242. The summed E-state index contributed by atoms with van der Waals surface area (Å²) >= 11 is 0. The van der Waals surface area contributed by atoms with E-state index in [1.807, 2.05) is 24.0 Å². The Morgan fingerprint density at radius 1 is 1.56 bits per heavy atom. The molecule has 0 saturated heterocycles. The monoisotopic (exact) mass is 251 g/mol. The SMILES string of the molecule is COC1(C(N)Cc2nccn2C)CCC(C)CC1. The molecule has 2 N–H and O–H groups in total. The number of ether oxygens (including phenoxy) is 1. The summed E-state index contributed by atoms with van der Waals surface area (Å²) in [4.78, 5) is 4.36. The van der Waals surface area contributed by atoms with Gasteiger partial charge in [-0.25, -0.2) is 4.98 Å². The van der Waals surface area contributed by atoms with Crippen molar-refractivity contribution in [3.8, 4) is 0 Å². The molecule has 1 saturated carbocycles. The largest absolute Gasteiger partial charge is 0.377 e. The van der Waals surface area contributed by atoms with E-state index < -0.39 is 0 Å². The number of aryl methyl sites for hydroxylation is 1. The molecular weight excluding hydrogens is 226 g/mol. The Morgan fingerprint density at radius 3 is 2.72 bits per heavy atom. The summed E-state index contributed by atoms with van der Waals surface area (Å²) in [5.41, 5.74) is 6.27. The molecular formula is C14H25N3O. The van der Waals surface area contributed by atoms with E-state index in [1.165, 1.54) is 12.8 Å². The number of nitrogens with two attached hydrogens (primary N) is 1. The van der Waals surface area contributed by atoms with Crippen LogP contribution in [0.1, 0.15) is 38.4 Å². The van der Waals surface area contributed by atoms with E-state index in [-0.39, 0.29) is 11.6 Å². The van der Waals surface area contributed by atoms with E-state index in [0.29, 0.717) is 0 Å². The van der Waals surface area contributed by atoms with Crippen molar-refractivity contribution in [2.45, 2.75) is 50.7 Å². The minimum atomic E-state index is -0.154. The average molecular weight is 251 g/mol. The van der Waals surface area contributed by atoms with Crippen LogP contribution in [0.5, 0.6) is 0 Å². The maximum absolute atomic E-state index is 6.42. The van der Waals surface area contributed by atoms with Crippen molar-refractivity contribution < 1.29 is 4.74 Å². The van der Waals surface area contributed by atoms with Gasteiger partial charge < -0.3 is 15.0 Å². The van der Waals surface area contributed by atoms with Gasteiger partial charge in [-0.1, -0.05) is 6.92 Å². The van der Waals surface area contributed by atoms with Crippen LogP contribution in [0.2, 0.25) is 0 Å². The molecule has 1 aliphatic rings. The Bertz CT molecular complexity index is 380. The first kappa shape index (κ1) is 13.6. The summed E-state index contributed by atoms with van der Waals surface area (Å²) in [6, 6.07) is 0.0242. The molecule has 0 amide bonds. The lowest BCUT2D eigenvalue weighted by Crippen LogP contribution is -2.52. The fourth-order valence-corrected chi connectivity index (χ4v) is 2.95. The third kappa shape index (κ3) is 2.59. The normalized spacial score (nSPS) is 30.3. The number of rotatable bonds is 4. The van der Waals surface area contributed by atoms with Crippen molar-refractivity contribution in [3.63, 3.8) is 0 Å². The van der Waals surface area contributed by atoms with E-state index in [4.69, 9.17) is 10.5 Å². The molecule has 1 aromatic rings. The molecule has 1 aromatic heterocycles. The van der Waals surface area contributed by atoms with Crippen molar-refractivity contribution in [2.24, 2.45) is 18.7 Å². The zero-order valence-electron chi connectivity index (χ0n) is 11.7. The predicted octanol–water partition coefficient (Wildman–Crippen LogP) is 1.89. The Morgan fingerprint density at radius 2 is 2.22 bits per heavy atom. The molecule has 102 valence electrons. The Hall–Kier alpha value is -0.870. The van der Waals surface area contributed by atoms with Gasteiger partial charge in [0, 0.05) is 39.0 Å². The van der Waals surface area contributed by atoms with Gasteiger partial charge in [0.1, 0.15) is 5.82 Å². The van der Waals surface area contributed by atoms with Gasteiger partial charge in [0.25, 0.3) is 0 Å². The molecule has 1 aliphatic carbocycles. The van der Waals surface area contributed by atoms with Crippen molar-refractivity contribution in [2.75, 3.05) is 7.11 Å². The van der Waals surface area contributed by atoms with Crippen LogP contribution >= 0.6 is 0 Å². The first-order valence-electron chi connectivity index (χ1n) is 6.84. The molecule has 0 aliphatic heterocycles. The van der Waals surface area contributed by atoms with Crippen molar-refractivity contribution >= 4 is 0 Å². The van der Waals surface area contributed by atoms with Gasteiger partial charge in [0.05, 0.1) is 5.60 Å². The van der Waals surface area contributed by atoms with Crippen LogP contribution in [0.25, 0.3) is 0 Å². The average Bonchev–Trinajstić information content (AvgIpc) is 2.76.